The van der Waals surface area contributed by atoms with Gasteiger partial charge >= 0.3 is 0 Å². The molecule has 9 heteroatoms. The Balaban J connectivity index is 1.52. The number of nitrogens with zero attached hydrogens (tertiary/aromatic N) is 2. The third-order valence-corrected chi connectivity index (χ3v) is 4.80. The summed E-state index contributed by atoms with van der Waals surface area (Å²) in [6.07, 6.45) is 0.0139. The lowest BCUT2D eigenvalue weighted by Gasteiger charge is -2.34. The highest BCUT2D eigenvalue weighted by molar-refractivity contribution is 6.05. The SMILES string of the molecule is CC(=O)c1cc2c(cc1NC(=O)CN1CCN(C(=O)COC(C)C)CC1)OCO2. The van der Waals surface area contributed by atoms with Gasteiger partial charge < -0.3 is 24.4 Å². The van der Waals surface area contributed by atoms with E-state index in [1.54, 1.807) is 17.0 Å². The number of benzene rings is 1. The van der Waals surface area contributed by atoms with E-state index in [1.165, 1.54) is 6.92 Å². The lowest BCUT2D eigenvalue weighted by molar-refractivity contribution is -0.139. The smallest absolute Gasteiger partial charge is 0.248 e. The van der Waals surface area contributed by atoms with Crippen molar-refractivity contribution in [3.8, 4) is 11.5 Å². The fourth-order valence-corrected chi connectivity index (χ4v) is 3.21. The Morgan fingerprint density at radius 3 is 2.38 bits per heavy atom. The molecule has 0 radical (unpaired) electrons. The average Bonchev–Trinajstić information content (AvgIpc) is 3.13. The first kappa shape index (κ1) is 21.1. The molecular weight excluding hydrogens is 378 g/mol. The van der Waals surface area contributed by atoms with Crippen molar-refractivity contribution in [1.82, 2.24) is 9.80 Å². The van der Waals surface area contributed by atoms with Crippen molar-refractivity contribution in [2.45, 2.75) is 26.9 Å². The summed E-state index contributed by atoms with van der Waals surface area (Å²) in [5.74, 6) is 0.564. The van der Waals surface area contributed by atoms with Crippen LogP contribution in [0.15, 0.2) is 12.1 Å². The van der Waals surface area contributed by atoms with Crippen molar-refractivity contribution in [3.05, 3.63) is 17.7 Å². The molecule has 0 saturated carbocycles. The number of hydrogen-bond acceptors (Lipinski definition) is 7. The van der Waals surface area contributed by atoms with Crippen molar-refractivity contribution in [2.75, 3.05) is 51.4 Å². The second-order valence-electron chi connectivity index (χ2n) is 7.37. The van der Waals surface area contributed by atoms with Crippen LogP contribution in [0.1, 0.15) is 31.1 Å². The molecule has 1 aromatic carbocycles. The molecule has 1 fully saturated rings. The Bertz CT molecular complexity index is 787. The fraction of sp³-hybridized carbons (Fsp3) is 0.550. The zero-order chi connectivity index (χ0) is 21.0. The van der Waals surface area contributed by atoms with Crippen molar-refractivity contribution in [2.24, 2.45) is 0 Å². The number of anilines is 1. The molecule has 0 aliphatic carbocycles. The molecule has 0 unspecified atom stereocenters. The van der Waals surface area contributed by atoms with Crippen LogP contribution in [0.2, 0.25) is 0 Å². The highest BCUT2D eigenvalue weighted by atomic mass is 16.7. The number of rotatable bonds is 7. The number of carbonyl (C=O) groups excluding carboxylic acids is 3. The van der Waals surface area contributed by atoms with Crippen LogP contribution >= 0.6 is 0 Å². The first-order valence-electron chi connectivity index (χ1n) is 9.69. The minimum Gasteiger partial charge on any atom is -0.454 e. The van der Waals surface area contributed by atoms with Gasteiger partial charge in [-0.05, 0) is 26.8 Å². The summed E-state index contributed by atoms with van der Waals surface area (Å²) in [4.78, 5) is 40.3. The highest BCUT2D eigenvalue weighted by Gasteiger charge is 2.24. The molecule has 158 valence electrons. The molecule has 0 bridgehead atoms. The van der Waals surface area contributed by atoms with Crippen molar-refractivity contribution in [3.63, 3.8) is 0 Å². The minimum absolute atomic E-state index is 0.0139. The Kier molecular flexibility index (Phi) is 6.71. The zero-order valence-electron chi connectivity index (χ0n) is 17.0. The van der Waals surface area contributed by atoms with E-state index in [2.05, 4.69) is 5.32 Å². The molecule has 2 aliphatic heterocycles. The molecule has 1 saturated heterocycles. The van der Waals surface area contributed by atoms with Gasteiger partial charge in [-0.1, -0.05) is 0 Å². The quantitative estimate of drug-likeness (QED) is 0.679. The van der Waals surface area contributed by atoms with Gasteiger partial charge in [-0.3, -0.25) is 19.3 Å². The number of piperazine rings is 1. The normalized spacial score (nSPS) is 16.2. The monoisotopic (exact) mass is 405 g/mol. The Morgan fingerprint density at radius 1 is 1.10 bits per heavy atom. The molecule has 9 nitrogen and oxygen atoms in total. The second kappa shape index (κ2) is 9.23. The van der Waals surface area contributed by atoms with Crippen LogP contribution < -0.4 is 14.8 Å². The number of Topliss-reactive ketones (excluding diaryl/α,β-unsaturated/α-hetero) is 1. The van der Waals surface area contributed by atoms with Gasteiger partial charge in [0.1, 0.15) is 6.61 Å². The van der Waals surface area contributed by atoms with Gasteiger partial charge in [-0.2, -0.15) is 0 Å². The molecule has 3 rings (SSSR count). The summed E-state index contributed by atoms with van der Waals surface area (Å²) in [5.41, 5.74) is 0.787. The zero-order valence-corrected chi connectivity index (χ0v) is 17.0. The van der Waals surface area contributed by atoms with Crippen LogP contribution in [0, 0.1) is 0 Å². The predicted octanol–water partition coefficient (Wildman–Crippen LogP) is 1.13. The summed E-state index contributed by atoms with van der Waals surface area (Å²) in [6.45, 7) is 7.87. The number of ether oxygens (including phenoxy) is 3. The predicted molar refractivity (Wildman–Crippen MR) is 105 cm³/mol. The Morgan fingerprint density at radius 2 is 1.76 bits per heavy atom. The fourth-order valence-electron chi connectivity index (χ4n) is 3.21. The van der Waals surface area contributed by atoms with E-state index in [0.717, 1.165) is 0 Å². The van der Waals surface area contributed by atoms with Gasteiger partial charge in [-0.15, -0.1) is 0 Å². The summed E-state index contributed by atoms with van der Waals surface area (Å²) in [6, 6.07) is 3.20. The van der Waals surface area contributed by atoms with E-state index in [4.69, 9.17) is 14.2 Å². The molecule has 2 heterocycles. The van der Waals surface area contributed by atoms with E-state index >= 15 is 0 Å². The van der Waals surface area contributed by atoms with Gasteiger partial charge in [0, 0.05) is 37.8 Å². The molecule has 1 N–H and O–H groups in total. The second-order valence-corrected chi connectivity index (χ2v) is 7.37. The molecule has 0 aromatic heterocycles. The number of fused-ring (bicyclic) bond motifs is 1. The third-order valence-electron chi connectivity index (χ3n) is 4.80. The average molecular weight is 405 g/mol. The summed E-state index contributed by atoms with van der Waals surface area (Å²) in [5, 5.41) is 2.80. The van der Waals surface area contributed by atoms with Gasteiger partial charge in [-0.25, -0.2) is 0 Å². The first-order chi connectivity index (χ1) is 13.8. The van der Waals surface area contributed by atoms with E-state index < -0.39 is 0 Å². The van der Waals surface area contributed by atoms with Crippen molar-refractivity contribution < 1.29 is 28.6 Å². The maximum absolute atomic E-state index is 12.5. The van der Waals surface area contributed by atoms with Crippen molar-refractivity contribution in [1.29, 1.82) is 0 Å². The van der Waals surface area contributed by atoms with Gasteiger partial charge in [0.25, 0.3) is 0 Å². The van der Waals surface area contributed by atoms with E-state index in [-0.39, 0.29) is 43.6 Å². The van der Waals surface area contributed by atoms with Gasteiger partial charge in [0.05, 0.1) is 18.3 Å². The van der Waals surface area contributed by atoms with E-state index in [9.17, 15) is 14.4 Å². The molecule has 0 spiro atoms. The summed E-state index contributed by atoms with van der Waals surface area (Å²) >= 11 is 0. The number of hydrogen-bond donors (Lipinski definition) is 1. The molecule has 2 aliphatic rings. The minimum atomic E-state index is -0.228. The van der Waals surface area contributed by atoms with Crippen LogP contribution in [-0.4, -0.2) is 79.6 Å². The molecule has 1 aromatic rings. The maximum atomic E-state index is 12.5. The lowest BCUT2D eigenvalue weighted by Crippen LogP contribution is -2.51. The molecular formula is C20H27N3O6. The van der Waals surface area contributed by atoms with Crippen LogP contribution in [0.4, 0.5) is 5.69 Å². The molecule has 0 atom stereocenters. The first-order valence-corrected chi connectivity index (χ1v) is 9.69. The van der Waals surface area contributed by atoms with Crippen LogP contribution in [-0.2, 0) is 14.3 Å². The van der Waals surface area contributed by atoms with E-state index in [0.29, 0.717) is 48.9 Å². The lowest BCUT2D eigenvalue weighted by atomic mass is 10.1. The number of amides is 2. The molecule has 29 heavy (non-hydrogen) atoms. The van der Waals surface area contributed by atoms with Gasteiger partial charge in [0.15, 0.2) is 17.3 Å². The summed E-state index contributed by atoms with van der Waals surface area (Å²) < 4.78 is 16.0. The standard InChI is InChI=1S/C20H27N3O6/c1-13(2)27-11-20(26)23-6-4-22(5-7-23)10-19(25)21-16-9-18-17(28-12-29-18)8-15(16)14(3)24/h8-9,13H,4-7,10-12H2,1-3H3,(H,21,25). The van der Waals surface area contributed by atoms with E-state index in [1.807, 2.05) is 18.7 Å². The van der Waals surface area contributed by atoms with Crippen LogP contribution in [0.3, 0.4) is 0 Å². The largest absolute Gasteiger partial charge is 0.454 e. The van der Waals surface area contributed by atoms with Crippen LogP contribution in [0.5, 0.6) is 11.5 Å². The third kappa shape index (κ3) is 5.45. The highest BCUT2D eigenvalue weighted by Crippen LogP contribution is 2.37. The number of nitrogens with one attached hydrogen (secondary N) is 1. The number of carbonyl (C=O) groups is 3. The topological polar surface area (TPSA) is 97.4 Å². The Hall–Kier alpha value is -2.65. The van der Waals surface area contributed by atoms with Gasteiger partial charge in [0.2, 0.25) is 18.6 Å². The number of ketones is 1. The van der Waals surface area contributed by atoms with Crippen molar-refractivity contribution >= 4 is 23.3 Å². The maximum Gasteiger partial charge on any atom is 0.248 e. The Labute approximate surface area is 169 Å². The molecule has 2 amide bonds. The van der Waals surface area contributed by atoms with Crippen LogP contribution in [0.25, 0.3) is 0 Å². The summed E-state index contributed by atoms with van der Waals surface area (Å²) in [7, 11) is 0.